The Hall–Kier alpha value is -0.950. The Balaban J connectivity index is 2.23. The molecule has 2 atom stereocenters. The van der Waals surface area contributed by atoms with Crippen molar-refractivity contribution in [2.75, 3.05) is 7.11 Å². The number of methoxy groups -OCH3 is 1. The van der Waals surface area contributed by atoms with Gasteiger partial charge in [-0.1, -0.05) is 13.0 Å². The molecule has 118 valence electrons. The molecule has 1 aromatic carbocycles. The van der Waals surface area contributed by atoms with Crippen LogP contribution >= 0.6 is 0 Å². The standard InChI is InChI=1S/C15H24N2O3S/c1-3-11-7-8-13(9-12(11)10-16)21(18,19)17-14-5-4-6-15(14)20-2/h7-9,14-15,17H,3-6,10,16H2,1-2H3. The van der Waals surface area contributed by atoms with Crippen LogP contribution in [-0.4, -0.2) is 27.7 Å². The lowest BCUT2D eigenvalue weighted by Crippen LogP contribution is -2.40. The summed E-state index contributed by atoms with van der Waals surface area (Å²) >= 11 is 0. The van der Waals surface area contributed by atoms with Gasteiger partial charge in [0.05, 0.1) is 11.0 Å². The van der Waals surface area contributed by atoms with Gasteiger partial charge >= 0.3 is 0 Å². The third-order valence-corrected chi connectivity index (χ3v) is 5.64. The molecule has 1 fully saturated rings. The molecule has 3 N–H and O–H groups in total. The molecule has 21 heavy (non-hydrogen) atoms. The molecule has 1 aromatic rings. The highest BCUT2D eigenvalue weighted by Gasteiger charge is 2.31. The number of nitrogens with one attached hydrogen (secondary N) is 1. The van der Waals surface area contributed by atoms with Gasteiger partial charge in [0.2, 0.25) is 10.0 Å². The first-order valence-corrected chi connectivity index (χ1v) is 8.87. The maximum Gasteiger partial charge on any atom is 0.240 e. The van der Waals surface area contributed by atoms with E-state index >= 15 is 0 Å². The third-order valence-electron chi connectivity index (χ3n) is 4.15. The van der Waals surface area contributed by atoms with Crippen LogP contribution in [0, 0.1) is 0 Å². The molecule has 0 saturated heterocycles. The Bertz CT molecular complexity index is 587. The summed E-state index contributed by atoms with van der Waals surface area (Å²) in [6.45, 7) is 2.37. The van der Waals surface area contributed by atoms with E-state index in [9.17, 15) is 8.42 Å². The van der Waals surface area contributed by atoms with Gasteiger partial charge < -0.3 is 10.5 Å². The Morgan fingerprint density at radius 3 is 2.71 bits per heavy atom. The number of aryl methyl sites for hydroxylation is 1. The molecule has 1 aliphatic carbocycles. The summed E-state index contributed by atoms with van der Waals surface area (Å²) < 4.78 is 33.1. The minimum atomic E-state index is -3.53. The van der Waals surface area contributed by atoms with Gasteiger partial charge in [-0.25, -0.2) is 13.1 Å². The van der Waals surface area contributed by atoms with Gasteiger partial charge in [-0.05, 0) is 48.9 Å². The van der Waals surface area contributed by atoms with Crippen LogP contribution in [0.15, 0.2) is 23.1 Å². The summed E-state index contributed by atoms with van der Waals surface area (Å²) in [6, 6.07) is 5.03. The maximum absolute atomic E-state index is 12.5. The quantitative estimate of drug-likeness (QED) is 0.835. The monoisotopic (exact) mass is 312 g/mol. The highest BCUT2D eigenvalue weighted by Crippen LogP contribution is 2.24. The summed E-state index contributed by atoms with van der Waals surface area (Å²) in [5.41, 5.74) is 7.68. The second-order valence-corrected chi connectivity index (χ2v) is 7.14. The van der Waals surface area contributed by atoms with E-state index in [-0.39, 0.29) is 17.0 Å². The Morgan fingerprint density at radius 1 is 1.33 bits per heavy atom. The molecule has 2 unspecified atom stereocenters. The smallest absolute Gasteiger partial charge is 0.240 e. The molecule has 1 aliphatic rings. The van der Waals surface area contributed by atoms with Crippen LogP contribution in [0.5, 0.6) is 0 Å². The third kappa shape index (κ3) is 3.63. The normalized spacial score (nSPS) is 22.6. The number of rotatable bonds is 6. The van der Waals surface area contributed by atoms with E-state index in [1.807, 2.05) is 13.0 Å². The van der Waals surface area contributed by atoms with Gasteiger partial charge in [-0.3, -0.25) is 0 Å². The number of nitrogens with two attached hydrogens (primary N) is 1. The molecule has 0 aromatic heterocycles. The van der Waals surface area contributed by atoms with Crippen molar-refractivity contribution in [3.8, 4) is 0 Å². The highest BCUT2D eigenvalue weighted by atomic mass is 32.2. The summed E-state index contributed by atoms with van der Waals surface area (Å²) in [4.78, 5) is 0.280. The fraction of sp³-hybridized carbons (Fsp3) is 0.600. The van der Waals surface area contributed by atoms with Crippen LogP contribution in [-0.2, 0) is 27.7 Å². The molecule has 1 saturated carbocycles. The van der Waals surface area contributed by atoms with Gasteiger partial charge in [0, 0.05) is 19.7 Å². The molecule has 0 aliphatic heterocycles. The van der Waals surface area contributed by atoms with Crippen LogP contribution in [0.3, 0.4) is 0 Å². The van der Waals surface area contributed by atoms with Crippen LogP contribution < -0.4 is 10.5 Å². The van der Waals surface area contributed by atoms with Gasteiger partial charge in [0.1, 0.15) is 0 Å². The summed E-state index contributed by atoms with van der Waals surface area (Å²) in [7, 11) is -1.90. The van der Waals surface area contributed by atoms with Crippen molar-refractivity contribution in [3.63, 3.8) is 0 Å². The second kappa shape index (κ2) is 6.87. The number of benzene rings is 1. The average Bonchev–Trinajstić information content (AvgIpc) is 2.92. The number of sulfonamides is 1. The summed E-state index contributed by atoms with van der Waals surface area (Å²) in [5.74, 6) is 0. The van der Waals surface area contributed by atoms with E-state index in [4.69, 9.17) is 10.5 Å². The van der Waals surface area contributed by atoms with E-state index in [0.29, 0.717) is 6.54 Å². The lowest BCUT2D eigenvalue weighted by molar-refractivity contribution is 0.0916. The molecule has 0 heterocycles. The van der Waals surface area contributed by atoms with E-state index in [1.165, 1.54) is 0 Å². The Kier molecular flexibility index (Phi) is 5.37. The summed E-state index contributed by atoms with van der Waals surface area (Å²) in [6.07, 6.45) is 3.49. The summed E-state index contributed by atoms with van der Waals surface area (Å²) in [5, 5.41) is 0. The number of hydrogen-bond donors (Lipinski definition) is 2. The van der Waals surface area contributed by atoms with Crippen molar-refractivity contribution >= 4 is 10.0 Å². The molecule has 5 nitrogen and oxygen atoms in total. The van der Waals surface area contributed by atoms with Gasteiger partial charge in [-0.15, -0.1) is 0 Å². The fourth-order valence-electron chi connectivity index (χ4n) is 2.91. The highest BCUT2D eigenvalue weighted by molar-refractivity contribution is 7.89. The lowest BCUT2D eigenvalue weighted by Gasteiger charge is -2.20. The topological polar surface area (TPSA) is 81.4 Å². The van der Waals surface area contributed by atoms with Crippen LogP contribution in [0.2, 0.25) is 0 Å². The van der Waals surface area contributed by atoms with Crippen molar-refractivity contribution in [1.29, 1.82) is 0 Å². The molecule has 0 radical (unpaired) electrons. The molecule has 6 heteroatoms. The van der Waals surface area contributed by atoms with Crippen LogP contribution in [0.25, 0.3) is 0 Å². The Morgan fingerprint density at radius 2 is 2.10 bits per heavy atom. The first-order chi connectivity index (χ1) is 10.0. The molecule has 0 amide bonds. The predicted molar refractivity (Wildman–Crippen MR) is 82.5 cm³/mol. The zero-order chi connectivity index (χ0) is 15.5. The van der Waals surface area contributed by atoms with Crippen molar-refractivity contribution < 1.29 is 13.2 Å². The Labute approximate surface area is 126 Å². The predicted octanol–water partition coefficient (Wildman–Crippen LogP) is 1.55. The van der Waals surface area contributed by atoms with Gasteiger partial charge in [-0.2, -0.15) is 0 Å². The fourth-order valence-corrected chi connectivity index (χ4v) is 4.26. The molecule has 0 spiro atoms. The second-order valence-electron chi connectivity index (χ2n) is 5.42. The zero-order valence-corrected chi connectivity index (χ0v) is 13.4. The van der Waals surface area contributed by atoms with E-state index < -0.39 is 10.0 Å². The van der Waals surface area contributed by atoms with Crippen molar-refractivity contribution in [2.45, 2.75) is 56.2 Å². The van der Waals surface area contributed by atoms with Gasteiger partial charge in [0.25, 0.3) is 0 Å². The van der Waals surface area contributed by atoms with Crippen molar-refractivity contribution in [3.05, 3.63) is 29.3 Å². The van der Waals surface area contributed by atoms with E-state index in [0.717, 1.165) is 36.8 Å². The minimum absolute atomic E-state index is 0.0383. The SMILES string of the molecule is CCc1ccc(S(=O)(=O)NC2CCCC2OC)cc1CN. The van der Waals surface area contributed by atoms with Crippen molar-refractivity contribution in [1.82, 2.24) is 4.72 Å². The van der Waals surface area contributed by atoms with E-state index in [1.54, 1.807) is 19.2 Å². The number of ether oxygens (including phenoxy) is 1. The van der Waals surface area contributed by atoms with Crippen LogP contribution in [0.1, 0.15) is 37.3 Å². The largest absolute Gasteiger partial charge is 0.380 e. The minimum Gasteiger partial charge on any atom is -0.380 e. The first kappa shape index (κ1) is 16.4. The number of hydrogen-bond acceptors (Lipinski definition) is 4. The average molecular weight is 312 g/mol. The van der Waals surface area contributed by atoms with Crippen molar-refractivity contribution in [2.24, 2.45) is 5.73 Å². The molecular weight excluding hydrogens is 288 g/mol. The van der Waals surface area contributed by atoms with Gasteiger partial charge in [0.15, 0.2) is 0 Å². The molecule has 2 rings (SSSR count). The first-order valence-electron chi connectivity index (χ1n) is 7.38. The molecular formula is C15H24N2O3S. The molecule has 0 bridgehead atoms. The lowest BCUT2D eigenvalue weighted by atomic mass is 10.1. The van der Waals surface area contributed by atoms with E-state index in [2.05, 4.69) is 4.72 Å². The zero-order valence-electron chi connectivity index (χ0n) is 12.6. The maximum atomic E-state index is 12.5. The van der Waals surface area contributed by atoms with Crippen LogP contribution in [0.4, 0.5) is 0 Å².